The van der Waals surface area contributed by atoms with Gasteiger partial charge in [0.1, 0.15) is 9.84 Å². The van der Waals surface area contributed by atoms with Gasteiger partial charge in [-0.25, -0.2) is 8.42 Å². The molecule has 0 aliphatic heterocycles. The highest BCUT2D eigenvalue weighted by Crippen LogP contribution is 2.10. The van der Waals surface area contributed by atoms with E-state index in [1.165, 1.54) is 6.26 Å². The zero-order valence-corrected chi connectivity index (χ0v) is 10.4. The molecule has 0 amide bonds. The first-order valence-corrected chi connectivity index (χ1v) is 7.26. The summed E-state index contributed by atoms with van der Waals surface area (Å²) in [5.74, 6) is 0.0473. The van der Waals surface area contributed by atoms with Gasteiger partial charge in [-0.3, -0.25) is 9.97 Å². The normalized spacial score (nSPS) is 13.6. The molecule has 16 heavy (non-hydrogen) atoms. The second-order valence-electron chi connectivity index (χ2n) is 3.73. The Balaban J connectivity index is 2.79. The summed E-state index contributed by atoms with van der Waals surface area (Å²) in [6.45, 7) is 2.79. The second-order valence-corrected chi connectivity index (χ2v) is 5.91. The van der Waals surface area contributed by atoms with Gasteiger partial charge in [-0.05, 0) is 13.0 Å². The van der Waals surface area contributed by atoms with E-state index in [2.05, 4.69) is 15.3 Å². The topological polar surface area (TPSA) is 72.0 Å². The molecule has 0 saturated carbocycles. The quantitative estimate of drug-likeness (QED) is 0.790. The summed E-state index contributed by atoms with van der Waals surface area (Å²) in [6.07, 6.45) is 6.90. The van der Waals surface area contributed by atoms with Crippen LogP contribution in [0.15, 0.2) is 18.6 Å². The van der Waals surface area contributed by atoms with Crippen molar-refractivity contribution in [1.82, 2.24) is 15.3 Å². The molecule has 0 fully saturated rings. The van der Waals surface area contributed by atoms with Gasteiger partial charge in [-0.2, -0.15) is 0 Å². The Labute approximate surface area is 96.2 Å². The van der Waals surface area contributed by atoms with Crippen LogP contribution in [0.1, 0.15) is 25.1 Å². The van der Waals surface area contributed by atoms with Crippen molar-refractivity contribution in [2.24, 2.45) is 0 Å². The molecule has 0 aliphatic carbocycles. The lowest BCUT2D eigenvalue weighted by molar-refractivity contribution is 0.539. The average Bonchev–Trinajstić information content (AvgIpc) is 2.24. The first-order chi connectivity index (χ1) is 7.53. The van der Waals surface area contributed by atoms with Crippen LogP contribution in [0.5, 0.6) is 0 Å². The molecule has 0 aliphatic rings. The lowest BCUT2D eigenvalue weighted by Crippen LogP contribution is -2.29. The van der Waals surface area contributed by atoms with Crippen LogP contribution in [0.25, 0.3) is 0 Å². The van der Waals surface area contributed by atoms with Crippen molar-refractivity contribution in [3.8, 4) is 0 Å². The van der Waals surface area contributed by atoms with Crippen LogP contribution < -0.4 is 5.32 Å². The number of nitrogens with zero attached hydrogens (tertiary/aromatic N) is 2. The fourth-order valence-electron chi connectivity index (χ4n) is 1.36. The van der Waals surface area contributed by atoms with E-state index in [1.54, 1.807) is 18.6 Å². The van der Waals surface area contributed by atoms with E-state index in [0.717, 1.165) is 13.0 Å². The van der Waals surface area contributed by atoms with Crippen molar-refractivity contribution in [2.45, 2.75) is 19.4 Å². The van der Waals surface area contributed by atoms with Crippen molar-refractivity contribution >= 4 is 9.84 Å². The number of sulfone groups is 1. The summed E-state index contributed by atoms with van der Waals surface area (Å²) < 4.78 is 22.6. The molecule has 90 valence electrons. The SMILES string of the molecule is CCCNC(CS(C)(=O)=O)c1cnccn1. The van der Waals surface area contributed by atoms with Crippen LogP contribution in [-0.4, -0.2) is 36.9 Å². The average molecular weight is 243 g/mol. The Morgan fingerprint density at radius 1 is 1.44 bits per heavy atom. The van der Waals surface area contributed by atoms with Crippen molar-refractivity contribution in [3.63, 3.8) is 0 Å². The predicted octanol–water partition coefficient (Wildman–Crippen LogP) is 0.562. The molecule has 1 unspecified atom stereocenters. The molecule has 0 saturated heterocycles. The largest absolute Gasteiger partial charge is 0.308 e. The molecule has 1 atom stereocenters. The molecule has 0 aromatic carbocycles. The Morgan fingerprint density at radius 3 is 2.69 bits per heavy atom. The number of rotatable bonds is 6. The van der Waals surface area contributed by atoms with Crippen LogP contribution in [0, 0.1) is 0 Å². The standard InChI is InChI=1S/C10H17N3O2S/c1-3-4-12-10(8-16(2,14)15)9-7-11-5-6-13-9/h5-7,10,12H,3-4,8H2,1-2H3. The van der Waals surface area contributed by atoms with E-state index in [4.69, 9.17) is 0 Å². The molecule has 0 bridgehead atoms. The van der Waals surface area contributed by atoms with Gasteiger partial charge >= 0.3 is 0 Å². The third-order valence-corrected chi connectivity index (χ3v) is 2.99. The lowest BCUT2D eigenvalue weighted by Gasteiger charge is -2.16. The lowest BCUT2D eigenvalue weighted by atomic mass is 10.2. The monoisotopic (exact) mass is 243 g/mol. The fraction of sp³-hybridized carbons (Fsp3) is 0.600. The van der Waals surface area contributed by atoms with Crippen molar-refractivity contribution < 1.29 is 8.42 Å². The summed E-state index contributed by atoms with van der Waals surface area (Å²) >= 11 is 0. The molecule has 0 spiro atoms. The second kappa shape index (κ2) is 5.91. The molecular formula is C10H17N3O2S. The highest BCUT2D eigenvalue weighted by atomic mass is 32.2. The molecule has 1 aromatic rings. The Kier molecular flexibility index (Phi) is 4.82. The summed E-state index contributed by atoms with van der Waals surface area (Å²) in [7, 11) is -3.03. The number of hydrogen-bond acceptors (Lipinski definition) is 5. The highest BCUT2D eigenvalue weighted by Gasteiger charge is 2.17. The summed E-state index contributed by atoms with van der Waals surface area (Å²) in [5, 5.41) is 3.16. The minimum absolute atomic E-state index is 0.0473. The number of nitrogens with one attached hydrogen (secondary N) is 1. The van der Waals surface area contributed by atoms with Crippen molar-refractivity contribution in [1.29, 1.82) is 0 Å². The van der Waals surface area contributed by atoms with E-state index < -0.39 is 9.84 Å². The van der Waals surface area contributed by atoms with Gasteiger partial charge in [-0.1, -0.05) is 6.92 Å². The van der Waals surface area contributed by atoms with Gasteiger partial charge < -0.3 is 5.32 Å². The van der Waals surface area contributed by atoms with Gasteiger partial charge in [-0.15, -0.1) is 0 Å². The van der Waals surface area contributed by atoms with Crippen molar-refractivity contribution in [2.75, 3.05) is 18.6 Å². The maximum absolute atomic E-state index is 11.3. The van der Waals surface area contributed by atoms with E-state index in [1.807, 2.05) is 6.92 Å². The third kappa shape index (κ3) is 4.67. The summed E-state index contributed by atoms with van der Waals surface area (Å²) in [5.41, 5.74) is 0.668. The molecule has 1 heterocycles. The molecular weight excluding hydrogens is 226 g/mol. The Bertz CT molecular complexity index is 405. The van der Waals surface area contributed by atoms with E-state index in [-0.39, 0.29) is 11.8 Å². The van der Waals surface area contributed by atoms with Crippen molar-refractivity contribution in [3.05, 3.63) is 24.3 Å². The zero-order chi connectivity index (χ0) is 12.0. The van der Waals surface area contributed by atoms with Gasteiger partial charge in [0.05, 0.1) is 17.5 Å². The molecule has 1 rings (SSSR count). The first kappa shape index (κ1) is 13.1. The number of hydrogen-bond donors (Lipinski definition) is 1. The first-order valence-electron chi connectivity index (χ1n) is 5.20. The molecule has 6 heteroatoms. The van der Waals surface area contributed by atoms with Gasteiger partial charge in [0.25, 0.3) is 0 Å². The minimum Gasteiger partial charge on any atom is -0.308 e. The summed E-state index contributed by atoms with van der Waals surface area (Å²) in [6, 6.07) is -0.274. The van der Waals surface area contributed by atoms with Crippen LogP contribution in [0.3, 0.4) is 0 Å². The van der Waals surface area contributed by atoms with Gasteiger partial charge in [0.15, 0.2) is 0 Å². The maximum Gasteiger partial charge on any atom is 0.149 e. The Hall–Kier alpha value is -1.01. The maximum atomic E-state index is 11.3. The highest BCUT2D eigenvalue weighted by molar-refractivity contribution is 7.90. The fourth-order valence-corrected chi connectivity index (χ4v) is 2.25. The Morgan fingerprint density at radius 2 is 2.19 bits per heavy atom. The molecule has 0 radical (unpaired) electrons. The number of aromatic nitrogens is 2. The van der Waals surface area contributed by atoms with Crippen LogP contribution in [0.2, 0.25) is 0 Å². The smallest absolute Gasteiger partial charge is 0.149 e. The van der Waals surface area contributed by atoms with Crippen LogP contribution >= 0.6 is 0 Å². The minimum atomic E-state index is -3.03. The molecule has 1 aromatic heterocycles. The predicted molar refractivity (Wildman–Crippen MR) is 62.8 cm³/mol. The van der Waals surface area contributed by atoms with Gasteiger partial charge in [0.2, 0.25) is 0 Å². The van der Waals surface area contributed by atoms with Crippen LogP contribution in [-0.2, 0) is 9.84 Å². The van der Waals surface area contributed by atoms with E-state index >= 15 is 0 Å². The molecule has 1 N–H and O–H groups in total. The van der Waals surface area contributed by atoms with E-state index in [9.17, 15) is 8.42 Å². The zero-order valence-electron chi connectivity index (χ0n) is 9.55. The third-order valence-electron chi connectivity index (χ3n) is 2.05. The summed E-state index contributed by atoms with van der Waals surface area (Å²) in [4.78, 5) is 8.07. The van der Waals surface area contributed by atoms with E-state index in [0.29, 0.717) is 5.69 Å². The van der Waals surface area contributed by atoms with Crippen LogP contribution in [0.4, 0.5) is 0 Å². The van der Waals surface area contributed by atoms with Gasteiger partial charge in [0, 0.05) is 24.8 Å². The molecule has 5 nitrogen and oxygen atoms in total.